The molecule has 22 heavy (non-hydrogen) atoms. The zero-order valence-electron chi connectivity index (χ0n) is 13.2. The van der Waals surface area contributed by atoms with Gasteiger partial charge in [0.15, 0.2) is 0 Å². The van der Waals surface area contributed by atoms with Crippen molar-refractivity contribution in [2.24, 2.45) is 0 Å². The number of carbonyl (C=O) groups excluding carboxylic acids is 2. The predicted octanol–water partition coefficient (Wildman–Crippen LogP) is 2.91. The Labute approximate surface area is 136 Å². The van der Waals surface area contributed by atoms with Crippen molar-refractivity contribution in [2.75, 3.05) is 13.1 Å². The Bertz CT molecular complexity index is 512. The highest BCUT2D eigenvalue weighted by Gasteiger charge is 2.15. The van der Waals surface area contributed by atoms with Crippen molar-refractivity contribution in [1.82, 2.24) is 10.6 Å². The normalized spacial score (nSPS) is 10.9. The second kappa shape index (κ2) is 8.63. The molecule has 0 radical (unpaired) electrons. The summed E-state index contributed by atoms with van der Waals surface area (Å²) in [4.78, 5) is 23.0. The van der Waals surface area contributed by atoms with E-state index in [4.69, 9.17) is 16.3 Å². The first kappa shape index (κ1) is 18.3. The van der Waals surface area contributed by atoms with Crippen molar-refractivity contribution in [3.63, 3.8) is 0 Å². The van der Waals surface area contributed by atoms with E-state index in [-0.39, 0.29) is 18.9 Å². The first-order valence-electron chi connectivity index (χ1n) is 7.24. The third-order valence-corrected chi connectivity index (χ3v) is 2.88. The van der Waals surface area contributed by atoms with Gasteiger partial charge in [-0.15, -0.1) is 0 Å². The van der Waals surface area contributed by atoms with E-state index in [2.05, 4.69) is 10.6 Å². The first-order chi connectivity index (χ1) is 10.3. The van der Waals surface area contributed by atoms with E-state index in [1.54, 1.807) is 20.8 Å². The van der Waals surface area contributed by atoms with Gasteiger partial charge in [-0.25, -0.2) is 4.79 Å². The smallest absolute Gasteiger partial charge is 0.407 e. The van der Waals surface area contributed by atoms with Crippen LogP contribution in [0.15, 0.2) is 24.3 Å². The molecule has 2 amide bonds. The van der Waals surface area contributed by atoms with Crippen LogP contribution in [0.25, 0.3) is 0 Å². The van der Waals surface area contributed by atoms with Crippen molar-refractivity contribution in [2.45, 2.75) is 39.2 Å². The molecule has 2 N–H and O–H groups in total. The molecule has 0 aliphatic heterocycles. The second-order valence-electron chi connectivity index (χ2n) is 5.91. The van der Waals surface area contributed by atoms with Crippen LogP contribution in [0.3, 0.4) is 0 Å². The lowest BCUT2D eigenvalue weighted by atomic mass is 10.1. The summed E-state index contributed by atoms with van der Waals surface area (Å²) >= 11 is 5.89. The van der Waals surface area contributed by atoms with Gasteiger partial charge >= 0.3 is 6.09 Å². The maximum absolute atomic E-state index is 11.6. The van der Waals surface area contributed by atoms with E-state index in [1.807, 2.05) is 24.3 Å². The fourth-order valence-electron chi connectivity index (χ4n) is 1.72. The van der Waals surface area contributed by atoms with Gasteiger partial charge in [0.25, 0.3) is 0 Å². The minimum atomic E-state index is -0.538. The van der Waals surface area contributed by atoms with Gasteiger partial charge in [0.2, 0.25) is 5.91 Å². The van der Waals surface area contributed by atoms with E-state index in [9.17, 15) is 9.59 Å². The number of hydrogen-bond acceptors (Lipinski definition) is 3. The van der Waals surface area contributed by atoms with E-state index < -0.39 is 11.7 Å². The number of amides is 2. The van der Waals surface area contributed by atoms with Gasteiger partial charge in [-0.1, -0.05) is 23.7 Å². The van der Waals surface area contributed by atoms with Gasteiger partial charge in [0.1, 0.15) is 5.60 Å². The van der Waals surface area contributed by atoms with E-state index in [1.165, 1.54) is 0 Å². The van der Waals surface area contributed by atoms with Gasteiger partial charge in [-0.3, -0.25) is 4.79 Å². The molecule has 0 spiro atoms. The Morgan fingerprint density at radius 2 is 1.91 bits per heavy atom. The van der Waals surface area contributed by atoms with Gasteiger partial charge in [0, 0.05) is 24.5 Å². The summed E-state index contributed by atoms with van der Waals surface area (Å²) in [5, 5.41) is 6.03. The van der Waals surface area contributed by atoms with Gasteiger partial charge < -0.3 is 15.4 Å². The number of halogens is 1. The van der Waals surface area contributed by atoms with Crippen molar-refractivity contribution in [1.29, 1.82) is 0 Å². The molecule has 1 aromatic carbocycles. The maximum atomic E-state index is 11.6. The third kappa shape index (κ3) is 8.52. The zero-order valence-corrected chi connectivity index (χ0v) is 14.0. The average molecular weight is 327 g/mol. The number of nitrogens with one attached hydrogen (secondary N) is 2. The van der Waals surface area contributed by atoms with Crippen LogP contribution in [0.1, 0.15) is 32.8 Å². The van der Waals surface area contributed by atoms with Crippen LogP contribution in [0.4, 0.5) is 4.79 Å². The lowest BCUT2D eigenvalue weighted by Crippen LogP contribution is -2.35. The molecule has 1 rings (SSSR count). The Kier molecular flexibility index (Phi) is 7.18. The Balaban J connectivity index is 2.15. The number of rotatable bonds is 6. The lowest BCUT2D eigenvalue weighted by Gasteiger charge is -2.19. The largest absolute Gasteiger partial charge is 0.444 e. The van der Waals surface area contributed by atoms with Crippen molar-refractivity contribution in [3.05, 3.63) is 34.9 Å². The van der Waals surface area contributed by atoms with E-state index in [0.717, 1.165) is 5.56 Å². The summed E-state index contributed by atoms with van der Waals surface area (Å²) in [5.74, 6) is -0.113. The topological polar surface area (TPSA) is 67.4 Å². The van der Waals surface area contributed by atoms with Crippen LogP contribution in [0.5, 0.6) is 0 Å². The van der Waals surface area contributed by atoms with Crippen LogP contribution in [-0.4, -0.2) is 30.7 Å². The molecule has 122 valence electrons. The summed E-state index contributed by atoms with van der Waals surface area (Å²) in [6.45, 7) is 6.14. The molecule has 0 bridgehead atoms. The van der Waals surface area contributed by atoms with E-state index in [0.29, 0.717) is 18.0 Å². The summed E-state index contributed by atoms with van der Waals surface area (Å²) in [7, 11) is 0. The summed E-state index contributed by atoms with van der Waals surface area (Å²) in [6.07, 6.45) is 0.417. The standard InChI is InChI=1S/C16H23ClN2O3/c1-16(2,3)22-15(21)19-10-8-14(20)18-9-7-12-5-4-6-13(17)11-12/h4-6,11H,7-10H2,1-3H3,(H,18,20)(H,19,21). The van der Waals surface area contributed by atoms with Gasteiger partial charge in [0.05, 0.1) is 0 Å². The molecule has 0 aromatic heterocycles. The molecule has 5 nitrogen and oxygen atoms in total. The molecular weight excluding hydrogens is 304 g/mol. The Morgan fingerprint density at radius 1 is 1.18 bits per heavy atom. The number of hydrogen-bond donors (Lipinski definition) is 2. The molecule has 0 aliphatic carbocycles. The Hall–Kier alpha value is -1.75. The molecule has 0 heterocycles. The number of benzene rings is 1. The molecule has 1 aromatic rings. The quantitative estimate of drug-likeness (QED) is 0.844. The minimum Gasteiger partial charge on any atom is -0.444 e. The van der Waals surface area contributed by atoms with Crippen LogP contribution in [0, 0.1) is 0 Å². The molecule has 0 unspecified atom stereocenters. The zero-order chi connectivity index (χ0) is 16.6. The minimum absolute atomic E-state index is 0.113. The Morgan fingerprint density at radius 3 is 2.55 bits per heavy atom. The molecule has 0 saturated heterocycles. The lowest BCUT2D eigenvalue weighted by molar-refractivity contribution is -0.120. The first-order valence-corrected chi connectivity index (χ1v) is 7.62. The number of alkyl carbamates (subject to hydrolysis) is 1. The molecule has 0 saturated carbocycles. The van der Waals surface area contributed by atoms with Crippen LogP contribution >= 0.6 is 11.6 Å². The monoisotopic (exact) mass is 326 g/mol. The fourth-order valence-corrected chi connectivity index (χ4v) is 1.93. The highest BCUT2D eigenvalue weighted by atomic mass is 35.5. The molecule has 0 aliphatic rings. The SMILES string of the molecule is CC(C)(C)OC(=O)NCCC(=O)NCCc1cccc(Cl)c1. The molecule has 0 atom stereocenters. The van der Waals surface area contributed by atoms with Gasteiger partial charge in [-0.2, -0.15) is 0 Å². The van der Waals surface area contributed by atoms with Crippen LogP contribution in [-0.2, 0) is 16.0 Å². The summed E-state index contributed by atoms with van der Waals surface area (Å²) < 4.78 is 5.08. The fraction of sp³-hybridized carbons (Fsp3) is 0.500. The van der Waals surface area contributed by atoms with Crippen molar-refractivity contribution < 1.29 is 14.3 Å². The van der Waals surface area contributed by atoms with Crippen LogP contribution in [0.2, 0.25) is 5.02 Å². The number of ether oxygens (including phenoxy) is 1. The van der Waals surface area contributed by atoms with E-state index >= 15 is 0 Å². The number of carbonyl (C=O) groups is 2. The summed E-state index contributed by atoms with van der Waals surface area (Å²) in [5.41, 5.74) is 0.531. The molecule has 6 heteroatoms. The predicted molar refractivity (Wildman–Crippen MR) is 87.0 cm³/mol. The average Bonchev–Trinajstić information content (AvgIpc) is 2.36. The van der Waals surface area contributed by atoms with Crippen molar-refractivity contribution in [3.8, 4) is 0 Å². The van der Waals surface area contributed by atoms with Gasteiger partial charge in [-0.05, 0) is 44.9 Å². The summed E-state index contributed by atoms with van der Waals surface area (Å²) in [6, 6.07) is 7.52. The van der Waals surface area contributed by atoms with Crippen LogP contribution < -0.4 is 10.6 Å². The highest BCUT2D eigenvalue weighted by Crippen LogP contribution is 2.10. The molecule has 0 fully saturated rings. The third-order valence-electron chi connectivity index (χ3n) is 2.65. The highest BCUT2D eigenvalue weighted by molar-refractivity contribution is 6.30. The molecular formula is C16H23ClN2O3. The second-order valence-corrected chi connectivity index (χ2v) is 6.34. The van der Waals surface area contributed by atoms with Crippen molar-refractivity contribution >= 4 is 23.6 Å². The maximum Gasteiger partial charge on any atom is 0.407 e.